The van der Waals surface area contributed by atoms with Crippen molar-refractivity contribution in [2.45, 2.75) is 59.0 Å². The van der Waals surface area contributed by atoms with Gasteiger partial charge >= 0.3 is 5.97 Å². The van der Waals surface area contributed by atoms with Gasteiger partial charge in [-0.1, -0.05) is 27.2 Å². The van der Waals surface area contributed by atoms with Crippen LogP contribution in [0.15, 0.2) is 0 Å². The first kappa shape index (κ1) is 14.5. The van der Waals surface area contributed by atoms with Crippen molar-refractivity contribution in [2.24, 2.45) is 11.8 Å². The van der Waals surface area contributed by atoms with Gasteiger partial charge in [0.25, 0.3) is 0 Å². The Hall–Kier alpha value is -0.570. The first-order valence-electron chi connectivity index (χ1n) is 7.10. The van der Waals surface area contributed by atoms with Gasteiger partial charge in [-0.15, -0.1) is 0 Å². The van der Waals surface area contributed by atoms with E-state index in [1.165, 1.54) is 19.3 Å². The van der Waals surface area contributed by atoms with Gasteiger partial charge in [-0.3, -0.25) is 4.79 Å². The van der Waals surface area contributed by atoms with Crippen LogP contribution in [-0.4, -0.2) is 25.2 Å². The Morgan fingerprint density at radius 1 is 1.35 bits per heavy atom. The minimum Gasteiger partial charge on any atom is -0.462 e. The van der Waals surface area contributed by atoms with Crippen LogP contribution in [0.25, 0.3) is 0 Å². The zero-order valence-corrected chi connectivity index (χ0v) is 11.5. The molecule has 1 fully saturated rings. The monoisotopic (exact) mass is 241 g/mol. The van der Waals surface area contributed by atoms with E-state index in [2.05, 4.69) is 12.2 Å². The van der Waals surface area contributed by atoms with Crippen LogP contribution in [0.1, 0.15) is 52.9 Å². The number of ether oxygens (including phenoxy) is 1. The summed E-state index contributed by atoms with van der Waals surface area (Å²) in [5.74, 6) is 0.518. The summed E-state index contributed by atoms with van der Waals surface area (Å²) in [6, 6.07) is 0. The molecule has 0 heterocycles. The number of esters is 1. The predicted molar refractivity (Wildman–Crippen MR) is 69.8 cm³/mol. The summed E-state index contributed by atoms with van der Waals surface area (Å²) >= 11 is 0. The Bertz CT molecular complexity index is 230. The van der Waals surface area contributed by atoms with Crippen LogP contribution >= 0.6 is 0 Å². The van der Waals surface area contributed by atoms with E-state index >= 15 is 0 Å². The topological polar surface area (TPSA) is 38.3 Å². The highest BCUT2D eigenvalue weighted by Crippen LogP contribution is 2.29. The molecule has 0 amide bonds. The molecule has 1 N–H and O–H groups in total. The molecule has 1 aliphatic rings. The third-order valence-corrected chi connectivity index (χ3v) is 3.73. The second-order valence-electron chi connectivity index (χ2n) is 5.14. The van der Waals surface area contributed by atoms with Crippen LogP contribution in [0, 0.1) is 11.8 Å². The second-order valence-corrected chi connectivity index (χ2v) is 5.14. The van der Waals surface area contributed by atoms with Gasteiger partial charge in [0.1, 0.15) is 6.10 Å². The summed E-state index contributed by atoms with van der Waals surface area (Å²) < 4.78 is 5.67. The molecule has 0 bridgehead atoms. The molecule has 1 rings (SSSR count). The Morgan fingerprint density at radius 3 is 2.71 bits per heavy atom. The molecule has 0 aliphatic heterocycles. The summed E-state index contributed by atoms with van der Waals surface area (Å²) in [6.07, 6.45) is 6.06. The summed E-state index contributed by atoms with van der Waals surface area (Å²) in [5, 5.41) is 3.19. The van der Waals surface area contributed by atoms with Crippen molar-refractivity contribution in [1.82, 2.24) is 5.32 Å². The fourth-order valence-corrected chi connectivity index (χ4v) is 2.51. The number of hydrogen-bond acceptors (Lipinski definition) is 3. The molecule has 1 saturated carbocycles. The molecule has 0 spiro atoms. The number of nitrogens with one attached hydrogen (secondary N) is 1. The van der Waals surface area contributed by atoms with Crippen molar-refractivity contribution >= 4 is 5.97 Å². The standard InChI is InChI=1S/C14H27NO2/c1-4-12-8-6-7-9-13(12)17-14(16)11(3)10-15-5-2/h11-13,15H,4-10H2,1-3H3. The third kappa shape index (κ3) is 4.66. The molecule has 0 radical (unpaired) electrons. The molecule has 17 heavy (non-hydrogen) atoms. The highest BCUT2D eigenvalue weighted by molar-refractivity contribution is 5.72. The Morgan fingerprint density at radius 2 is 2.06 bits per heavy atom. The number of hydrogen-bond donors (Lipinski definition) is 1. The average molecular weight is 241 g/mol. The lowest BCUT2D eigenvalue weighted by molar-refractivity contribution is -0.158. The maximum absolute atomic E-state index is 11.9. The van der Waals surface area contributed by atoms with Gasteiger partial charge in [0, 0.05) is 6.54 Å². The van der Waals surface area contributed by atoms with Gasteiger partial charge in [0.05, 0.1) is 5.92 Å². The van der Waals surface area contributed by atoms with Gasteiger partial charge in [-0.05, 0) is 38.1 Å². The van der Waals surface area contributed by atoms with Crippen LogP contribution in [0.3, 0.4) is 0 Å². The van der Waals surface area contributed by atoms with E-state index in [1.807, 2.05) is 13.8 Å². The lowest BCUT2D eigenvalue weighted by Crippen LogP contribution is -2.34. The second kappa shape index (κ2) is 7.70. The first-order chi connectivity index (χ1) is 8.19. The molecular formula is C14H27NO2. The number of carbonyl (C=O) groups excluding carboxylic acids is 1. The van der Waals surface area contributed by atoms with Crippen LogP contribution in [0.2, 0.25) is 0 Å². The van der Waals surface area contributed by atoms with Crippen molar-refractivity contribution in [3.05, 3.63) is 0 Å². The fourth-order valence-electron chi connectivity index (χ4n) is 2.51. The van der Waals surface area contributed by atoms with E-state index < -0.39 is 0 Å². The normalized spacial score (nSPS) is 26.5. The van der Waals surface area contributed by atoms with E-state index in [1.54, 1.807) is 0 Å². The molecule has 0 aromatic rings. The van der Waals surface area contributed by atoms with Crippen LogP contribution < -0.4 is 5.32 Å². The van der Waals surface area contributed by atoms with E-state index in [-0.39, 0.29) is 18.0 Å². The molecular weight excluding hydrogens is 214 g/mol. The zero-order valence-electron chi connectivity index (χ0n) is 11.5. The largest absolute Gasteiger partial charge is 0.462 e. The summed E-state index contributed by atoms with van der Waals surface area (Å²) in [5.41, 5.74) is 0. The quantitative estimate of drug-likeness (QED) is 0.727. The summed E-state index contributed by atoms with van der Waals surface area (Å²) in [4.78, 5) is 11.9. The average Bonchev–Trinajstić information content (AvgIpc) is 2.36. The molecule has 3 unspecified atom stereocenters. The van der Waals surface area contributed by atoms with Gasteiger partial charge in [0.15, 0.2) is 0 Å². The first-order valence-corrected chi connectivity index (χ1v) is 7.10. The van der Waals surface area contributed by atoms with Crippen LogP contribution in [-0.2, 0) is 9.53 Å². The number of carbonyl (C=O) groups is 1. The minimum absolute atomic E-state index is 0.0312. The van der Waals surface area contributed by atoms with Gasteiger partial charge < -0.3 is 10.1 Å². The molecule has 0 aromatic carbocycles. The number of rotatable bonds is 6. The Kier molecular flexibility index (Phi) is 6.56. The molecule has 3 heteroatoms. The maximum atomic E-state index is 11.9. The van der Waals surface area contributed by atoms with E-state index in [0.29, 0.717) is 5.92 Å². The van der Waals surface area contributed by atoms with Crippen LogP contribution in [0.5, 0.6) is 0 Å². The van der Waals surface area contributed by atoms with Gasteiger partial charge in [-0.25, -0.2) is 0 Å². The predicted octanol–water partition coefficient (Wildman–Crippen LogP) is 2.74. The van der Waals surface area contributed by atoms with Crippen molar-refractivity contribution < 1.29 is 9.53 Å². The van der Waals surface area contributed by atoms with Crippen molar-refractivity contribution in [1.29, 1.82) is 0 Å². The Labute approximate surface area is 105 Å². The molecule has 100 valence electrons. The van der Waals surface area contributed by atoms with Crippen molar-refractivity contribution in [3.63, 3.8) is 0 Å². The summed E-state index contributed by atoms with van der Waals surface area (Å²) in [6.45, 7) is 7.80. The Balaban J connectivity index is 2.37. The lowest BCUT2D eigenvalue weighted by Gasteiger charge is -2.31. The molecule has 0 aromatic heterocycles. The third-order valence-electron chi connectivity index (χ3n) is 3.73. The molecule has 3 atom stereocenters. The zero-order chi connectivity index (χ0) is 12.7. The van der Waals surface area contributed by atoms with E-state index in [0.717, 1.165) is 25.9 Å². The SMILES string of the molecule is CCNCC(C)C(=O)OC1CCCCC1CC. The highest BCUT2D eigenvalue weighted by atomic mass is 16.5. The smallest absolute Gasteiger partial charge is 0.310 e. The van der Waals surface area contributed by atoms with Crippen molar-refractivity contribution in [3.8, 4) is 0 Å². The van der Waals surface area contributed by atoms with Gasteiger partial charge in [-0.2, -0.15) is 0 Å². The molecule has 3 nitrogen and oxygen atoms in total. The highest BCUT2D eigenvalue weighted by Gasteiger charge is 2.28. The maximum Gasteiger partial charge on any atom is 0.310 e. The molecule has 0 saturated heterocycles. The minimum atomic E-state index is -0.0330. The van der Waals surface area contributed by atoms with Crippen LogP contribution in [0.4, 0.5) is 0 Å². The van der Waals surface area contributed by atoms with Gasteiger partial charge in [0.2, 0.25) is 0 Å². The van der Waals surface area contributed by atoms with E-state index in [4.69, 9.17) is 4.74 Å². The lowest BCUT2D eigenvalue weighted by atomic mass is 9.84. The van der Waals surface area contributed by atoms with E-state index in [9.17, 15) is 4.79 Å². The molecule has 1 aliphatic carbocycles. The summed E-state index contributed by atoms with van der Waals surface area (Å²) in [7, 11) is 0. The van der Waals surface area contributed by atoms with Crippen molar-refractivity contribution in [2.75, 3.05) is 13.1 Å². The fraction of sp³-hybridized carbons (Fsp3) is 0.929.